The molecule has 5 nitrogen and oxygen atoms in total. The lowest BCUT2D eigenvalue weighted by atomic mass is 9.99. The van der Waals surface area contributed by atoms with Gasteiger partial charge >= 0.3 is 0 Å². The van der Waals surface area contributed by atoms with Crippen molar-refractivity contribution in [1.82, 2.24) is 20.2 Å². The molecular weight excluding hydrogens is 214 g/mol. The van der Waals surface area contributed by atoms with Gasteiger partial charge in [-0.3, -0.25) is 0 Å². The van der Waals surface area contributed by atoms with Gasteiger partial charge in [-0.1, -0.05) is 31.0 Å². The van der Waals surface area contributed by atoms with E-state index in [4.69, 9.17) is 5.73 Å². The number of nitrogens with zero attached hydrogens (tertiary/aromatic N) is 4. The highest BCUT2D eigenvalue weighted by Crippen LogP contribution is 2.33. The second kappa shape index (κ2) is 3.92. The summed E-state index contributed by atoms with van der Waals surface area (Å²) in [5.74, 6) is 0.666. The molecule has 2 N–H and O–H groups in total. The summed E-state index contributed by atoms with van der Waals surface area (Å²) in [7, 11) is 0. The maximum Gasteiger partial charge on any atom is 0.194 e. The molecule has 1 fully saturated rings. The molecule has 1 aromatic carbocycles. The summed E-state index contributed by atoms with van der Waals surface area (Å²) >= 11 is 0. The van der Waals surface area contributed by atoms with Gasteiger partial charge in [0.05, 0.1) is 11.2 Å². The first-order chi connectivity index (χ1) is 8.28. The second-order valence-corrected chi connectivity index (χ2v) is 4.60. The van der Waals surface area contributed by atoms with E-state index < -0.39 is 0 Å². The average molecular weight is 229 g/mol. The smallest absolute Gasteiger partial charge is 0.194 e. The number of rotatable bonds is 2. The number of hydrogen-bond acceptors (Lipinski definition) is 4. The van der Waals surface area contributed by atoms with Gasteiger partial charge in [0.15, 0.2) is 5.82 Å². The first-order valence-corrected chi connectivity index (χ1v) is 5.93. The van der Waals surface area contributed by atoms with E-state index in [-0.39, 0.29) is 5.54 Å². The van der Waals surface area contributed by atoms with Gasteiger partial charge in [-0.2, -0.15) is 0 Å². The third-order valence-corrected chi connectivity index (χ3v) is 3.34. The Bertz CT molecular complexity index is 499. The lowest BCUT2D eigenvalue weighted by Gasteiger charge is -2.17. The minimum atomic E-state index is -0.368. The molecule has 1 aliphatic carbocycles. The van der Waals surface area contributed by atoms with E-state index in [0.717, 1.165) is 31.4 Å². The topological polar surface area (TPSA) is 69.6 Å². The zero-order chi connectivity index (χ0) is 11.7. The summed E-state index contributed by atoms with van der Waals surface area (Å²) in [4.78, 5) is 1.54. The van der Waals surface area contributed by atoms with Crippen LogP contribution >= 0.6 is 0 Å². The number of aromatic nitrogens is 4. The van der Waals surface area contributed by atoms with Crippen molar-refractivity contribution in [1.29, 1.82) is 0 Å². The Morgan fingerprint density at radius 2 is 1.82 bits per heavy atom. The maximum absolute atomic E-state index is 6.29. The zero-order valence-electron chi connectivity index (χ0n) is 9.58. The molecular formula is C12H15N5. The van der Waals surface area contributed by atoms with Gasteiger partial charge in [-0.15, -0.1) is 15.0 Å². The van der Waals surface area contributed by atoms with Crippen LogP contribution in [-0.4, -0.2) is 20.2 Å². The Labute approximate surface area is 99.6 Å². The number of para-hydroxylation sites is 1. The molecule has 1 aliphatic rings. The number of tetrazole rings is 1. The fourth-order valence-electron chi connectivity index (χ4n) is 2.31. The van der Waals surface area contributed by atoms with Crippen LogP contribution in [0.1, 0.15) is 31.5 Å². The van der Waals surface area contributed by atoms with Crippen LogP contribution in [0, 0.1) is 0 Å². The van der Waals surface area contributed by atoms with Crippen LogP contribution in [0.15, 0.2) is 30.3 Å². The van der Waals surface area contributed by atoms with Gasteiger partial charge in [-0.05, 0) is 30.2 Å². The molecule has 17 heavy (non-hydrogen) atoms. The summed E-state index contributed by atoms with van der Waals surface area (Å²) in [5, 5.41) is 12.6. The van der Waals surface area contributed by atoms with E-state index in [1.807, 2.05) is 30.3 Å². The van der Waals surface area contributed by atoms with Crippen molar-refractivity contribution in [3.63, 3.8) is 0 Å². The predicted octanol–water partition coefficient (Wildman–Crippen LogP) is 1.39. The van der Waals surface area contributed by atoms with E-state index in [9.17, 15) is 0 Å². The fourth-order valence-corrected chi connectivity index (χ4v) is 2.31. The van der Waals surface area contributed by atoms with Crippen LogP contribution in [0.25, 0.3) is 5.69 Å². The lowest BCUT2D eigenvalue weighted by Crippen LogP contribution is -2.34. The molecule has 5 heteroatoms. The molecule has 88 valence electrons. The van der Waals surface area contributed by atoms with Crippen molar-refractivity contribution in [2.24, 2.45) is 5.73 Å². The van der Waals surface area contributed by atoms with Crippen molar-refractivity contribution < 1.29 is 0 Å². The highest BCUT2D eigenvalue weighted by atomic mass is 15.6. The summed E-state index contributed by atoms with van der Waals surface area (Å²) in [5.41, 5.74) is 6.84. The SMILES string of the molecule is NC1(c2nnn(-c3ccccc3)n2)CCCC1. The van der Waals surface area contributed by atoms with E-state index in [1.165, 1.54) is 0 Å². The van der Waals surface area contributed by atoms with Gasteiger partial charge in [0.2, 0.25) is 0 Å². The maximum atomic E-state index is 6.29. The standard InChI is InChI=1S/C12H15N5/c13-12(8-4-5-9-12)11-14-16-17(15-11)10-6-2-1-3-7-10/h1-3,6-7H,4-5,8-9,13H2. The lowest BCUT2D eigenvalue weighted by molar-refractivity contribution is 0.430. The van der Waals surface area contributed by atoms with Crippen molar-refractivity contribution in [3.05, 3.63) is 36.2 Å². The summed E-state index contributed by atoms with van der Waals surface area (Å²) in [6, 6.07) is 9.76. The van der Waals surface area contributed by atoms with Crippen molar-refractivity contribution in [2.45, 2.75) is 31.2 Å². The zero-order valence-corrected chi connectivity index (χ0v) is 9.58. The molecule has 1 saturated carbocycles. The number of benzene rings is 1. The van der Waals surface area contributed by atoms with E-state index in [0.29, 0.717) is 5.82 Å². The molecule has 0 amide bonds. The minimum Gasteiger partial charge on any atom is -0.319 e. The molecule has 0 atom stereocenters. The molecule has 1 aromatic heterocycles. The predicted molar refractivity (Wildman–Crippen MR) is 63.5 cm³/mol. The van der Waals surface area contributed by atoms with Crippen LogP contribution in [0.4, 0.5) is 0 Å². The second-order valence-electron chi connectivity index (χ2n) is 4.60. The molecule has 2 aromatic rings. The Hall–Kier alpha value is -1.75. The van der Waals surface area contributed by atoms with E-state index >= 15 is 0 Å². The fraction of sp³-hybridized carbons (Fsp3) is 0.417. The first kappa shape index (κ1) is 10.4. The van der Waals surface area contributed by atoms with Crippen LogP contribution in [0.2, 0.25) is 0 Å². The molecule has 3 rings (SSSR count). The Balaban J connectivity index is 1.93. The quantitative estimate of drug-likeness (QED) is 0.844. The van der Waals surface area contributed by atoms with E-state index in [2.05, 4.69) is 15.4 Å². The summed E-state index contributed by atoms with van der Waals surface area (Å²) in [6.07, 6.45) is 4.20. The summed E-state index contributed by atoms with van der Waals surface area (Å²) in [6.45, 7) is 0. The van der Waals surface area contributed by atoms with Gasteiger partial charge in [0, 0.05) is 0 Å². The van der Waals surface area contributed by atoms with Crippen LogP contribution in [0.3, 0.4) is 0 Å². The summed E-state index contributed by atoms with van der Waals surface area (Å²) < 4.78 is 0. The minimum absolute atomic E-state index is 0.368. The van der Waals surface area contributed by atoms with Gasteiger partial charge in [0.1, 0.15) is 0 Å². The first-order valence-electron chi connectivity index (χ1n) is 5.93. The number of hydrogen-bond donors (Lipinski definition) is 1. The van der Waals surface area contributed by atoms with Crippen LogP contribution < -0.4 is 5.73 Å². The van der Waals surface area contributed by atoms with Crippen LogP contribution in [0.5, 0.6) is 0 Å². The van der Waals surface area contributed by atoms with Crippen molar-refractivity contribution >= 4 is 0 Å². The molecule has 0 unspecified atom stereocenters. The molecule has 1 heterocycles. The highest BCUT2D eigenvalue weighted by molar-refractivity contribution is 5.28. The molecule has 0 aliphatic heterocycles. The molecule has 0 saturated heterocycles. The van der Waals surface area contributed by atoms with Gasteiger partial charge in [0.25, 0.3) is 0 Å². The van der Waals surface area contributed by atoms with Crippen molar-refractivity contribution in [3.8, 4) is 5.69 Å². The molecule has 0 bridgehead atoms. The average Bonchev–Trinajstić information content (AvgIpc) is 2.99. The van der Waals surface area contributed by atoms with Crippen molar-refractivity contribution in [2.75, 3.05) is 0 Å². The van der Waals surface area contributed by atoms with E-state index in [1.54, 1.807) is 4.80 Å². The molecule has 0 radical (unpaired) electrons. The normalized spacial score (nSPS) is 18.4. The third-order valence-electron chi connectivity index (χ3n) is 3.34. The van der Waals surface area contributed by atoms with Gasteiger partial charge in [-0.25, -0.2) is 0 Å². The largest absolute Gasteiger partial charge is 0.319 e. The van der Waals surface area contributed by atoms with Crippen LogP contribution in [-0.2, 0) is 5.54 Å². The Kier molecular flexibility index (Phi) is 2.40. The molecule has 0 spiro atoms. The Morgan fingerprint density at radius 3 is 2.53 bits per heavy atom. The Morgan fingerprint density at radius 1 is 1.12 bits per heavy atom. The monoisotopic (exact) mass is 229 g/mol. The highest BCUT2D eigenvalue weighted by Gasteiger charge is 2.35. The van der Waals surface area contributed by atoms with Gasteiger partial charge < -0.3 is 5.73 Å². The third kappa shape index (κ3) is 1.82. The number of nitrogens with two attached hydrogens (primary N) is 1.